The van der Waals surface area contributed by atoms with Gasteiger partial charge in [-0.05, 0) is 51.0 Å². The summed E-state index contributed by atoms with van der Waals surface area (Å²) in [7, 11) is -3.59. The van der Waals surface area contributed by atoms with Gasteiger partial charge in [0.25, 0.3) is 0 Å². The Hall–Kier alpha value is -3.72. The van der Waals surface area contributed by atoms with E-state index in [4.69, 9.17) is 0 Å². The highest BCUT2D eigenvalue weighted by atomic mass is 32.2. The number of hydrogen-bond donors (Lipinski definition) is 1. The zero-order valence-corrected chi connectivity index (χ0v) is 24.3. The second kappa shape index (κ2) is 13.6. The summed E-state index contributed by atoms with van der Waals surface area (Å²) in [5.41, 5.74) is 1.10. The molecule has 0 aromatic heterocycles. The highest BCUT2D eigenvalue weighted by Gasteiger charge is 2.32. The monoisotopic (exact) mass is 567 g/mol. The smallest absolute Gasteiger partial charge is 0.243 e. The van der Waals surface area contributed by atoms with Gasteiger partial charge in [0, 0.05) is 37.0 Å². The molecule has 40 heavy (non-hydrogen) atoms. The van der Waals surface area contributed by atoms with E-state index in [0.29, 0.717) is 11.3 Å². The van der Waals surface area contributed by atoms with Crippen molar-refractivity contribution in [2.75, 3.05) is 17.1 Å². The quantitative estimate of drug-likeness (QED) is 0.336. The molecule has 0 saturated carbocycles. The van der Waals surface area contributed by atoms with Crippen LogP contribution in [0.1, 0.15) is 44.7 Å². The lowest BCUT2D eigenvalue weighted by Crippen LogP contribution is -2.54. The lowest BCUT2D eigenvalue weighted by molar-refractivity contribution is -0.142. The van der Waals surface area contributed by atoms with Gasteiger partial charge < -0.3 is 10.2 Å². The van der Waals surface area contributed by atoms with Gasteiger partial charge in [-0.15, -0.1) is 0 Å². The highest BCUT2D eigenvalue weighted by Crippen LogP contribution is 2.21. The number of anilines is 1. The van der Waals surface area contributed by atoms with E-state index in [2.05, 4.69) is 5.32 Å². The maximum absolute atomic E-state index is 14.7. The van der Waals surface area contributed by atoms with Gasteiger partial charge in [-0.2, -0.15) is 0 Å². The molecule has 3 aromatic carbocycles. The number of carbonyl (C=O) groups is 2. The molecular formula is C31H38FN3O4S. The average molecular weight is 568 g/mol. The maximum atomic E-state index is 14.7. The molecule has 3 rings (SSSR count). The molecule has 7 nitrogen and oxygen atoms in total. The summed E-state index contributed by atoms with van der Waals surface area (Å²) < 4.78 is 41.0. The fourth-order valence-electron chi connectivity index (χ4n) is 4.42. The van der Waals surface area contributed by atoms with Crippen LogP contribution in [0.25, 0.3) is 0 Å². The fraction of sp³-hybridized carbons (Fsp3) is 0.355. The summed E-state index contributed by atoms with van der Waals surface area (Å²) in [4.78, 5) is 28.8. The Bertz CT molecular complexity index is 1380. The van der Waals surface area contributed by atoms with Crippen LogP contribution in [0.4, 0.5) is 10.1 Å². The van der Waals surface area contributed by atoms with E-state index in [1.54, 1.807) is 48.5 Å². The predicted octanol–water partition coefficient (Wildman–Crippen LogP) is 4.93. The second-order valence-corrected chi connectivity index (χ2v) is 12.7. The normalized spacial score (nSPS) is 12.4. The molecule has 0 unspecified atom stereocenters. The van der Waals surface area contributed by atoms with Crippen molar-refractivity contribution in [3.05, 3.63) is 102 Å². The molecule has 0 radical (unpaired) electrons. The predicted molar refractivity (Wildman–Crippen MR) is 157 cm³/mol. The van der Waals surface area contributed by atoms with Gasteiger partial charge in [-0.1, -0.05) is 66.7 Å². The molecule has 0 saturated heterocycles. The van der Waals surface area contributed by atoms with Crippen LogP contribution in [0.3, 0.4) is 0 Å². The molecule has 0 aliphatic rings. The van der Waals surface area contributed by atoms with Crippen molar-refractivity contribution in [3.8, 4) is 0 Å². The molecule has 0 aliphatic heterocycles. The van der Waals surface area contributed by atoms with Crippen molar-refractivity contribution in [2.45, 2.75) is 58.2 Å². The number of hydrogen-bond acceptors (Lipinski definition) is 4. The van der Waals surface area contributed by atoms with Crippen molar-refractivity contribution >= 4 is 27.5 Å². The zero-order valence-electron chi connectivity index (χ0n) is 23.5. The number of nitrogens with one attached hydrogen (secondary N) is 1. The number of benzene rings is 3. The molecule has 0 fully saturated rings. The van der Waals surface area contributed by atoms with Crippen LogP contribution in [0.5, 0.6) is 0 Å². The molecule has 0 aliphatic carbocycles. The van der Waals surface area contributed by atoms with E-state index in [-0.39, 0.29) is 44.2 Å². The van der Waals surface area contributed by atoms with Gasteiger partial charge in [0.15, 0.2) is 0 Å². The molecule has 0 bridgehead atoms. The van der Waals surface area contributed by atoms with Crippen molar-refractivity contribution in [2.24, 2.45) is 0 Å². The highest BCUT2D eigenvalue weighted by molar-refractivity contribution is 7.92. The first kappa shape index (κ1) is 30.8. The van der Waals surface area contributed by atoms with Crippen LogP contribution in [-0.2, 0) is 32.6 Å². The third kappa shape index (κ3) is 9.19. The Balaban J connectivity index is 1.91. The third-order valence-electron chi connectivity index (χ3n) is 6.26. The fourth-order valence-corrected chi connectivity index (χ4v) is 5.38. The van der Waals surface area contributed by atoms with Crippen LogP contribution < -0.4 is 9.62 Å². The standard InChI is InChI=1S/C31H38FN3O4S/c1-31(2,3)33-30(37)28(22-24-14-7-5-8-15-24)34(23-25-16-11-12-19-27(25)32)29(36)20-13-21-35(40(4,38)39)26-17-9-6-10-18-26/h5-12,14-19,28H,13,20-23H2,1-4H3,(H,33,37)/t28-/m0/s1. The number of rotatable bonds is 12. The minimum absolute atomic E-state index is 0.0264. The summed E-state index contributed by atoms with van der Waals surface area (Å²) in [6.45, 7) is 5.55. The van der Waals surface area contributed by atoms with Gasteiger partial charge in [0.1, 0.15) is 11.9 Å². The largest absolute Gasteiger partial charge is 0.350 e. The first-order valence-corrected chi connectivity index (χ1v) is 15.1. The number of para-hydroxylation sites is 1. The minimum Gasteiger partial charge on any atom is -0.350 e. The summed E-state index contributed by atoms with van der Waals surface area (Å²) in [5.74, 6) is -1.18. The Kier molecular flexibility index (Phi) is 10.5. The van der Waals surface area contributed by atoms with Crippen LogP contribution in [-0.4, -0.2) is 49.5 Å². The first-order valence-electron chi connectivity index (χ1n) is 13.3. The summed E-state index contributed by atoms with van der Waals surface area (Å²) >= 11 is 0. The average Bonchev–Trinajstić information content (AvgIpc) is 2.89. The van der Waals surface area contributed by atoms with E-state index in [1.165, 1.54) is 15.3 Å². The number of amides is 2. The molecule has 0 heterocycles. The van der Waals surface area contributed by atoms with E-state index in [0.717, 1.165) is 11.8 Å². The second-order valence-electron chi connectivity index (χ2n) is 10.8. The van der Waals surface area contributed by atoms with Gasteiger partial charge in [0.2, 0.25) is 21.8 Å². The van der Waals surface area contributed by atoms with Crippen LogP contribution in [0.2, 0.25) is 0 Å². The number of halogens is 1. The Labute approximate surface area is 237 Å². The van der Waals surface area contributed by atoms with Crippen LogP contribution in [0, 0.1) is 5.82 Å². The van der Waals surface area contributed by atoms with Gasteiger partial charge in [-0.25, -0.2) is 12.8 Å². The van der Waals surface area contributed by atoms with Crippen molar-refractivity contribution < 1.29 is 22.4 Å². The minimum atomic E-state index is -3.59. The van der Waals surface area contributed by atoms with Crippen molar-refractivity contribution in [1.29, 1.82) is 0 Å². The molecule has 214 valence electrons. The summed E-state index contributed by atoms with van der Waals surface area (Å²) in [5, 5.41) is 2.98. The topological polar surface area (TPSA) is 86.8 Å². The molecule has 1 atom stereocenters. The van der Waals surface area contributed by atoms with Crippen molar-refractivity contribution in [3.63, 3.8) is 0 Å². The van der Waals surface area contributed by atoms with E-state index in [9.17, 15) is 22.4 Å². The van der Waals surface area contributed by atoms with E-state index < -0.39 is 27.4 Å². The zero-order chi connectivity index (χ0) is 29.3. The number of carbonyl (C=O) groups excluding carboxylic acids is 2. The first-order chi connectivity index (χ1) is 18.8. The van der Waals surface area contributed by atoms with Crippen LogP contribution >= 0.6 is 0 Å². The lowest BCUT2D eigenvalue weighted by Gasteiger charge is -2.34. The SMILES string of the molecule is CC(C)(C)NC(=O)[C@H](Cc1ccccc1)N(Cc1ccccc1F)C(=O)CCCN(c1ccccc1)S(C)(=O)=O. The van der Waals surface area contributed by atoms with Gasteiger partial charge >= 0.3 is 0 Å². The Morgan fingerprint density at radius 3 is 2.05 bits per heavy atom. The van der Waals surface area contributed by atoms with E-state index in [1.807, 2.05) is 51.1 Å². The Morgan fingerprint density at radius 1 is 0.900 bits per heavy atom. The summed E-state index contributed by atoms with van der Waals surface area (Å²) in [6, 6.07) is 23.3. The van der Waals surface area contributed by atoms with Gasteiger partial charge in [0.05, 0.1) is 11.9 Å². The van der Waals surface area contributed by atoms with Crippen LogP contribution in [0.15, 0.2) is 84.9 Å². The van der Waals surface area contributed by atoms with Crippen molar-refractivity contribution in [1.82, 2.24) is 10.2 Å². The lowest BCUT2D eigenvalue weighted by atomic mass is 10.00. The molecule has 0 spiro atoms. The molecule has 3 aromatic rings. The third-order valence-corrected chi connectivity index (χ3v) is 7.46. The molecular weight excluding hydrogens is 529 g/mol. The van der Waals surface area contributed by atoms with E-state index >= 15 is 0 Å². The molecule has 2 amide bonds. The number of sulfonamides is 1. The Morgan fingerprint density at radius 2 is 1.48 bits per heavy atom. The molecule has 1 N–H and O–H groups in total. The molecule has 9 heteroatoms. The number of nitrogens with zero attached hydrogens (tertiary/aromatic N) is 2. The van der Waals surface area contributed by atoms with Gasteiger partial charge in [-0.3, -0.25) is 13.9 Å². The summed E-state index contributed by atoms with van der Waals surface area (Å²) in [6.07, 6.45) is 1.55. The maximum Gasteiger partial charge on any atom is 0.243 e.